The van der Waals surface area contributed by atoms with Gasteiger partial charge in [0, 0.05) is 12.6 Å². The Balaban J connectivity index is 2.26. The molecule has 0 radical (unpaired) electrons. The molecule has 1 aliphatic rings. The highest BCUT2D eigenvalue weighted by molar-refractivity contribution is 7.91. The average molecular weight is 345 g/mol. The van der Waals surface area contributed by atoms with Gasteiger partial charge in [0.05, 0.1) is 4.88 Å². The number of hydrogen-bond donors (Lipinski definition) is 1. The maximum absolute atomic E-state index is 12.8. The first kappa shape index (κ1) is 17.4. The summed E-state index contributed by atoms with van der Waals surface area (Å²) in [5, 5.41) is 5.16. The van der Waals surface area contributed by atoms with Gasteiger partial charge in [-0.05, 0) is 43.2 Å². The second-order valence-electron chi connectivity index (χ2n) is 7.18. The van der Waals surface area contributed by atoms with Crippen LogP contribution < -0.4 is 5.14 Å². The number of carbonyl (C=O) groups excluding carboxylic acids is 1. The van der Waals surface area contributed by atoms with Crippen LogP contribution in [0.4, 0.5) is 0 Å². The first-order chi connectivity index (χ1) is 9.99. The van der Waals surface area contributed by atoms with E-state index < -0.39 is 10.0 Å². The van der Waals surface area contributed by atoms with Gasteiger partial charge in [-0.3, -0.25) is 4.79 Å². The van der Waals surface area contributed by atoms with Gasteiger partial charge >= 0.3 is 0 Å². The van der Waals surface area contributed by atoms with Crippen molar-refractivity contribution in [2.75, 3.05) is 6.54 Å². The van der Waals surface area contributed by atoms with Crippen molar-refractivity contribution in [3.63, 3.8) is 0 Å². The van der Waals surface area contributed by atoms with Gasteiger partial charge in [-0.2, -0.15) is 0 Å². The molecule has 1 unspecified atom stereocenters. The van der Waals surface area contributed by atoms with Gasteiger partial charge in [0.1, 0.15) is 4.21 Å². The quantitative estimate of drug-likeness (QED) is 0.915. The number of nitrogens with zero attached hydrogens (tertiary/aromatic N) is 1. The molecule has 5 nitrogen and oxygen atoms in total. The Morgan fingerprint density at radius 1 is 1.45 bits per heavy atom. The van der Waals surface area contributed by atoms with Crippen LogP contribution in [0.25, 0.3) is 0 Å². The standard InChI is InChI=1S/C15H24N2O3S2/c1-10-8-12(22(16,19)20)21-13(10)14(18)17-7-5-6-11(17)9-15(2,3)4/h8,11H,5-7,9H2,1-4H3,(H2,16,19,20). The van der Waals surface area contributed by atoms with Crippen LogP contribution in [0.3, 0.4) is 0 Å². The third-order valence-electron chi connectivity index (χ3n) is 3.86. The Bertz CT molecular complexity index is 671. The van der Waals surface area contributed by atoms with Crippen LogP contribution in [0.5, 0.6) is 0 Å². The van der Waals surface area contributed by atoms with Gasteiger partial charge in [-0.25, -0.2) is 13.6 Å². The van der Waals surface area contributed by atoms with E-state index in [1.165, 1.54) is 6.07 Å². The van der Waals surface area contributed by atoms with Crippen molar-refractivity contribution in [1.82, 2.24) is 4.90 Å². The van der Waals surface area contributed by atoms with Crippen LogP contribution in [0, 0.1) is 12.3 Å². The lowest BCUT2D eigenvalue weighted by Crippen LogP contribution is -2.37. The molecule has 0 aromatic carbocycles. The lowest BCUT2D eigenvalue weighted by molar-refractivity contribution is 0.0708. The Hall–Kier alpha value is -0.920. The summed E-state index contributed by atoms with van der Waals surface area (Å²) >= 11 is 0.977. The summed E-state index contributed by atoms with van der Waals surface area (Å²) in [5.41, 5.74) is 0.837. The lowest BCUT2D eigenvalue weighted by atomic mass is 9.87. The number of hydrogen-bond acceptors (Lipinski definition) is 4. The zero-order valence-electron chi connectivity index (χ0n) is 13.5. The molecule has 0 bridgehead atoms. The average Bonchev–Trinajstić information content (AvgIpc) is 2.92. The van der Waals surface area contributed by atoms with Gasteiger partial charge in [0.15, 0.2) is 0 Å². The van der Waals surface area contributed by atoms with Crippen molar-refractivity contribution >= 4 is 27.3 Å². The topological polar surface area (TPSA) is 80.5 Å². The van der Waals surface area contributed by atoms with E-state index in [4.69, 9.17) is 5.14 Å². The highest BCUT2D eigenvalue weighted by Crippen LogP contribution is 2.33. The fourth-order valence-corrected chi connectivity index (χ4v) is 4.88. The van der Waals surface area contributed by atoms with E-state index in [-0.39, 0.29) is 21.6 Å². The zero-order valence-corrected chi connectivity index (χ0v) is 15.2. The molecule has 1 atom stereocenters. The number of sulfonamides is 1. The molecule has 2 heterocycles. The van der Waals surface area contributed by atoms with Gasteiger partial charge in [0.2, 0.25) is 10.0 Å². The van der Waals surface area contributed by atoms with E-state index in [1.807, 2.05) is 4.90 Å². The van der Waals surface area contributed by atoms with Crippen LogP contribution in [0.2, 0.25) is 0 Å². The minimum Gasteiger partial charge on any atom is -0.335 e. The Morgan fingerprint density at radius 3 is 2.59 bits per heavy atom. The number of aryl methyl sites for hydroxylation is 1. The second-order valence-corrected chi connectivity index (χ2v) is 10.0. The SMILES string of the molecule is Cc1cc(S(N)(=O)=O)sc1C(=O)N1CCCC1CC(C)(C)C. The second kappa shape index (κ2) is 5.94. The molecule has 0 spiro atoms. The summed E-state index contributed by atoms with van der Waals surface area (Å²) in [6.45, 7) is 9.01. The maximum Gasteiger partial charge on any atom is 0.264 e. The summed E-state index contributed by atoms with van der Waals surface area (Å²) in [6.07, 6.45) is 2.96. The van der Waals surface area contributed by atoms with Gasteiger partial charge in [-0.15, -0.1) is 11.3 Å². The van der Waals surface area contributed by atoms with Crippen molar-refractivity contribution in [3.8, 4) is 0 Å². The smallest absolute Gasteiger partial charge is 0.264 e. The molecule has 2 N–H and O–H groups in total. The summed E-state index contributed by atoms with van der Waals surface area (Å²) in [5.74, 6) is -0.0656. The number of nitrogens with two attached hydrogens (primary N) is 1. The fraction of sp³-hybridized carbons (Fsp3) is 0.667. The predicted molar refractivity (Wildman–Crippen MR) is 88.6 cm³/mol. The highest BCUT2D eigenvalue weighted by atomic mass is 32.2. The van der Waals surface area contributed by atoms with E-state index in [0.29, 0.717) is 10.4 Å². The first-order valence-corrected chi connectivity index (χ1v) is 9.79. The van der Waals surface area contributed by atoms with Crippen molar-refractivity contribution in [2.24, 2.45) is 10.6 Å². The number of amides is 1. The van der Waals surface area contributed by atoms with Crippen LogP contribution in [0.1, 0.15) is 55.3 Å². The molecule has 1 saturated heterocycles. The van der Waals surface area contributed by atoms with E-state index in [9.17, 15) is 13.2 Å². The number of primary sulfonamides is 1. The highest BCUT2D eigenvalue weighted by Gasteiger charge is 2.34. The molecule has 1 aromatic rings. The fourth-order valence-electron chi connectivity index (χ4n) is 2.96. The largest absolute Gasteiger partial charge is 0.335 e. The molecular formula is C15H24N2O3S2. The zero-order chi connectivity index (χ0) is 16.7. The molecule has 1 aromatic heterocycles. The van der Waals surface area contributed by atoms with E-state index in [1.54, 1.807) is 6.92 Å². The molecule has 7 heteroatoms. The van der Waals surface area contributed by atoms with Crippen LogP contribution >= 0.6 is 11.3 Å². The van der Waals surface area contributed by atoms with E-state index in [2.05, 4.69) is 20.8 Å². The molecule has 1 aliphatic heterocycles. The first-order valence-electron chi connectivity index (χ1n) is 7.43. The number of rotatable bonds is 3. The minimum atomic E-state index is -3.76. The van der Waals surface area contributed by atoms with Crippen molar-refractivity contribution in [3.05, 3.63) is 16.5 Å². The molecule has 1 fully saturated rings. The van der Waals surface area contributed by atoms with E-state index in [0.717, 1.165) is 37.1 Å². The van der Waals surface area contributed by atoms with Crippen LogP contribution in [-0.2, 0) is 10.0 Å². The molecule has 0 saturated carbocycles. The molecule has 1 amide bonds. The van der Waals surface area contributed by atoms with Crippen molar-refractivity contribution in [2.45, 2.75) is 57.2 Å². The Morgan fingerprint density at radius 2 is 2.09 bits per heavy atom. The van der Waals surface area contributed by atoms with Crippen molar-refractivity contribution < 1.29 is 13.2 Å². The van der Waals surface area contributed by atoms with Gasteiger partial charge < -0.3 is 4.90 Å². The Labute approximate surface area is 136 Å². The van der Waals surface area contributed by atoms with Gasteiger partial charge in [0.25, 0.3) is 5.91 Å². The number of thiophene rings is 1. The number of likely N-dealkylation sites (tertiary alicyclic amines) is 1. The Kier molecular flexibility index (Phi) is 4.71. The summed E-state index contributed by atoms with van der Waals surface area (Å²) < 4.78 is 23.0. The summed E-state index contributed by atoms with van der Waals surface area (Å²) in [6, 6.07) is 1.72. The van der Waals surface area contributed by atoms with Crippen LogP contribution in [-0.4, -0.2) is 31.8 Å². The summed E-state index contributed by atoms with van der Waals surface area (Å²) in [4.78, 5) is 15.2. The maximum atomic E-state index is 12.8. The van der Waals surface area contributed by atoms with Crippen LogP contribution in [0.15, 0.2) is 10.3 Å². The molecule has 124 valence electrons. The van der Waals surface area contributed by atoms with E-state index >= 15 is 0 Å². The monoisotopic (exact) mass is 344 g/mol. The third kappa shape index (κ3) is 3.88. The predicted octanol–water partition coefficient (Wildman–Crippen LogP) is 2.74. The minimum absolute atomic E-state index is 0.0555. The van der Waals surface area contributed by atoms with Gasteiger partial charge in [-0.1, -0.05) is 20.8 Å². The molecular weight excluding hydrogens is 320 g/mol. The lowest BCUT2D eigenvalue weighted by Gasteiger charge is -2.30. The molecule has 0 aliphatic carbocycles. The van der Waals surface area contributed by atoms with Crippen molar-refractivity contribution in [1.29, 1.82) is 0 Å². The normalized spacial score (nSPS) is 19.7. The molecule has 2 rings (SSSR count). The third-order valence-corrected chi connectivity index (χ3v) is 6.50. The summed E-state index contributed by atoms with van der Waals surface area (Å²) in [7, 11) is -3.76. The number of carbonyl (C=O) groups is 1. The molecule has 22 heavy (non-hydrogen) atoms.